The molecular formula is C11H23NO4. The van der Waals surface area contributed by atoms with Gasteiger partial charge >= 0.3 is 0 Å². The third-order valence-corrected chi connectivity index (χ3v) is 2.62. The van der Waals surface area contributed by atoms with Gasteiger partial charge in [0, 0.05) is 33.4 Å². The van der Waals surface area contributed by atoms with E-state index in [0.29, 0.717) is 13.2 Å². The Balaban J connectivity index is 1.95. The van der Waals surface area contributed by atoms with Gasteiger partial charge in [0.25, 0.3) is 0 Å². The maximum Gasteiger partial charge on any atom is 0.0932 e. The Hall–Kier alpha value is -0.200. The quantitative estimate of drug-likeness (QED) is 0.585. The number of hydrogen-bond acceptors (Lipinski definition) is 5. The smallest absolute Gasteiger partial charge is 0.0932 e. The molecule has 1 unspecified atom stereocenters. The van der Waals surface area contributed by atoms with Crippen molar-refractivity contribution < 1.29 is 19.3 Å². The van der Waals surface area contributed by atoms with Gasteiger partial charge in [-0.15, -0.1) is 0 Å². The van der Waals surface area contributed by atoms with Crippen LogP contribution >= 0.6 is 0 Å². The second kappa shape index (κ2) is 8.90. The van der Waals surface area contributed by atoms with Crippen LogP contribution in [0.5, 0.6) is 0 Å². The number of methoxy groups -OCH3 is 1. The minimum Gasteiger partial charge on any atom is -0.394 e. The molecule has 0 saturated carbocycles. The zero-order valence-electron chi connectivity index (χ0n) is 10.1. The van der Waals surface area contributed by atoms with E-state index in [1.54, 1.807) is 7.11 Å². The van der Waals surface area contributed by atoms with Gasteiger partial charge in [-0.3, -0.25) is 4.90 Å². The Morgan fingerprint density at radius 1 is 1.38 bits per heavy atom. The van der Waals surface area contributed by atoms with Crippen molar-refractivity contribution in [3.05, 3.63) is 0 Å². The van der Waals surface area contributed by atoms with E-state index in [1.807, 2.05) is 0 Å². The Labute approximate surface area is 97.3 Å². The predicted molar refractivity (Wildman–Crippen MR) is 60.6 cm³/mol. The average Bonchev–Trinajstić information content (AvgIpc) is 2.34. The highest BCUT2D eigenvalue weighted by Gasteiger charge is 2.18. The second-order valence-corrected chi connectivity index (χ2v) is 3.93. The summed E-state index contributed by atoms with van der Waals surface area (Å²) in [4.78, 5) is 2.31. The van der Waals surface area contributed by atoms with Gasteiger partial charge in [0.1, 0.15) is 0 Å². The van der Waals surface area contributed by atoms with Crippen LogP contribution in [0.2, 0.25) is 0 Å². The largest absolute Gasteiger partial charge is 0.394 e. The van der Waals surface area contributed by atoms with E-state index in [2.05, 4.69) is 4.90 Å². The molecular weight excluding hydrogens is 210 g/mol. The summed E-state index contributed by atoms with van der Waals surface area (Å²) in [7, 11) is 1.67. The minimum atomic E-state index is -0.0110. The zero-order chi connectivity index (χ0) is 11.6. The lowest BCUT2D eigenvalue weighted by molar-refractivity contribution is -0.0544. The summed E-state index contributed by atoms with van der Waals surface area (Å²) in [6.07, 6.45) is 1.00. The fourth-order valence-corrected chi connectivity index (χ4v) is 1.73. The number of morpholine rings is 1. The Bertz CT molecular complexity index is 168. The fourth-order valence-electron chi connectivity index (χ4n) is 1.73. The third-order valence-electron chi connectivity index (χ3n) is 2.62. The van der Waals surface area contributed by atoms with Crippen LogP contribution in [0.25, 0.3) is 0 Å². The van der Waals surface area contributed by atoms with Gasteiger partial charge in [-0.25, -0.2) is 0 Å². The highest BCUT2D eigenvalue weighted by molar-refractivity contribution is 4.70. The molecule has 1 aliphatic heterocycles. The van der Waals surface area contributed by atoms with E-state index in [4.69, 9.17) is 19.3 Å². The van der Waals surface area contributed by atoms with Crippen LogP contribution in [0.3, 0.4) is 0 Å². The second-order valence-electron chi connectivity index (χ2n) is 3.93. The van der Waals surface area contributed by atoms with E-state index in [0.717, 1.165) is 39.3 Å². The molecule has 1 atom stereocenters. The molecule has 0 aromatic heterocycles. The molecule has 0 bridgehead atoms. The van der Waals surface area contributed by atoms with E-state index in [9.17, 15) is 0 Å². The standard InChI is InChI=1S/C11H23NO4/c1-14-7-8-15-5-2-3-12-4-6-16-11(9-12)10-13/h11,13H,2-10H2,1H3. The Kier molecular flexibility index (Phi) is 7.71. The van der Waals surface area contributed by atoms with Gasteiger partial charge < -0.3 is 19.3 Å². The van der Waals surface area contributed by atoms with Crippen molar-refractivity contribution in [2.75, 3.05) is 59.8 Å². The van der Waals surface area contributed by atoms with Crippen molar-refractivity contribution in [3.8, 4) is 0 Å². The normalized spacial score (nSPS) is 22.5. The van der Waals surface area contributed by atoms with E-state index >= 15 is 0 Å². The van der Waals surface area contributed by atoms with Crippen LogP contribution in [0.1, 0.15) is 6.42 Å². The van der Waals surface area contributed by atoms with E-state index in [-0.39, 0.29) is 12.7 Å². The summed E-state index contributed by atoms with van der Waals surface area (Å²) in [5.41, 5.74) is 0. The van der Waals surface area contributed by atoms with Crippen molar-refractivity contribution in [3.63, 3.8) is 0 Å². The van der Waals surface area contributed by atoms with Crippen LogP contribution in [-0.2, 0) is 14.2 Å². The molecule has 0 aromatic rings. The van der Waals surface area contributed by atoms with Crippen molar-refractivity contribution >= 4 is 0 Å². The van der Waals surface area contributed by atoms with Gasteiger partial charge in [-0.2, -0.15) is 0 Å². The fraction of sp³-hybridized carbons (Fsp3) is 1.00. The van der Waals surface area contributed by atoms with Crippen molar-refractivity contribution in [2.45, 2.75) is 12.5 Å². The lowest BCUT2D eigenvalue weighted by Gasteiger charge is -2.31. The topological polar surface area (TPSA) is 51.2 Å². The summed E-state index contributed by atoms with van der Waals surface area (Å²) in [6, 6.07) is 0. The maximum atomic E-state index is 8.99. The van der Waals surface area contributed by atoms with Crippen LogP contribution in [0, 0.1) is 0 Å². The minimum absolute atomic E-state index is 0.0110. The molecule has 5 nitrogen and oxygen atoms in total. The van der Waals surface area contributed by atoms with E-state index < -0.39 is 0 Å². The molecule has 0 spiro atoms. The van der Waals surface area contributed by atoms with Crippen LogP contribution in [-0.4, -0.2) is 75.9 Å². The van der Waals surface area contributed by atoms with Gasteiger partial charge in [0.05, 0.1) is 32.5 Å². The molecule has 1 rings (SSSR count). The van der Waals surface area contributed by atoms with Gasteiger partial charge in [0.15, 0.2) is 0 Å². The first-order valence-corrected chi connectivity index (χ1v) is 5.88. The molecule has 5 heteroatoms. The monoisotopic (exact) mass is 233 g/mol. The molecule has 1 heterocycles. The highest BCUT2D eigenvalue weighted by atomic mass is 16.5. The first kappa shape index (κ1) is 13.9. The van der Waals surface area contributed by atoms with E-state index in [1.165, 1.54) is 0 Å². The number of rotatable bonds is 8. The molecule has 1 fully saturated rings. The summed E-state index contributed by atoms with van der Waals surface area (Å²) in [5.74, 6) is 0. The predicted octanol–water partition coefficient (Wildman–Crippen LogP) is -0.267. The molecule has 0 radical (unpaired) electrons. The number of hydrogen-bond donors (Lipinski definition) is 1. The van der Waals surface area contributed by atoms with Crippen LogP contribution < -0.4 is 0 Å². The van der Waals surface area contributed by atoms with Gasteiger partial charge in [-0.05, 0) is 6.42 Å². The average molecular weight is 233 g/mol. The molecule has 1 saturated heterocycles. The van der Waals surface area contributed by atoms with Crippen molar-refractivity contribution in [1.82, 2.24) is 4.90 Å². The summed E-state index contributed by atoms with van der Waals surface area (Å²) < 4.78 is 15.7. The Morgan fingerprint density at radius 2 is 2.25 bits per heavy atom. The molecule has 1 N–H and O–H groups in total. The SMILES string of the molecule is COCCOCCCN1CCOC(CO)C1. The lowest BCUT2D eigenvalue weighted by Crippen LogP contribution is -2.44. The number of ether oxygens (including phenoxy) is 3. The molecule has 1 aliphatic rings. The first-order chi connectivity index (χ1) is 7.86. The number of nitrogens with zero attached hydrogens (tertiary/aromatic N) is 1. The first-order valence-electron chi connectivity index (χ1n) is 5.88. The highest BCUT2D eigenvalue weighted by Crippen LogP contribution is 2.04. The van der Waals surface area contributed by atoms with Gasteiger partial charge in [-0.1, -0.05) is 0 Å². The molecule has 16 heavy (non-hydrogen) atoms. The maximum absolute atomic E-state index is 8.99. The number of aliphatic hydroxyl groups excluding tert-OH is 1. The number of aliphatic hydroxyl groups is 1. The molecule has 0 aliphatic carbocycles. The molecule has 96 valence electrons. The summed E-state index contributed by atoms with van der Waals surface area (Å²) in [5, 5.41) is 8.99. The van der Waals surface area contributed by atoms with Crippen molar-refractivity contribution in [1.29, 1.82) is 0 Å². The summed E-state index contributed by atoms with van der Waals surface area (Å²) >= 11 is 0. The molecule has 0 amide bonds. The van der Waals surface area contributed by atoms with Crippen LogP contribution in [0.4, 0.5) is 0 Å². The summed E-state index contributed by atoms with van der Waals surface area (Å²) in [6.45, 7) is 5.71. The van der Waals surface area contributed by atoms with Gasteiger partial charge in [0.2, 0.25) is 0 Å². The van der Waals surface area contributed by atoms with Crippen LogP contribution in [0.15, 0.2) is 0 Å². The lowest BCUT2D eigenvalue weighted by atomic mass is 10.2. The third kappa shape index (κ3) is 5.77. The molecule has 0 aromatic carbocycles. The Morgan fingerprint density at radius 3 is 3.00 bits per heavy atom. The van der Waals surface area contributed by atoms with Crippen molar-refractivity contribution in [2.24, 2.45) is 0 Å². The zero-order valence-corrected chi connectivity index (χ0v) is 10.1.